The molecule has 0 aliphatic rings. The molecule has 122 valence electrons. The third-order valence-corrected chi connectivity index (χ3v) is 4.60. The Morgan fingerprint density at radius 3 is 2.22 bits per heavy atom. The summed E-state index contributed by atoms with van der Waals surface area (Å²) in [5.41, 5.74) is 1.19. The highest BCUT2D eigenvalue weighted by Crippen LogP contribution is 2.22. The Bertz CT molecular complexity index is 583. The smallest absolute Gasteiger partial charge is 0.221 e. The summed E-state index contributed by atoms with van der Waals surface area (Å²) in [6.07, 6.45) is 1.50. The molecule has 0 saturated heterocycles. The molecule has 3 heteroatoms. The molecule has 0 fully saturated rings. The summed E-state index contributed by atoms with van der Waals surface area (Å²) in [7, 11) is 0. The number of thioether (sulfide) groups is 1. The molecule has 2 aromatic carbocycles. The zero-order valence-electron chi connectivity index (χ0n) is 13.9. The van der Waals surface area contributed by atoms with Crippen LogP contribution in [0, 0.1) is 5.92 Å². The Morgan fingerprint density at radius 1 is 1.00 bits per heavy atom. The third kappa shape index (κ3) is 6.49. The first-order chi connectivity index (χ1) is 11.1. The van der Waals surface area contributed by atoms with Gasteiger partial charge in [-0.25, -0.2) is 0 Å². The van der Waals surface area contributed by atoms with Gasteiger partial charge in [-0.05, 0) is 30.0 Å². The number of rotatable bonds is 8. The van der Waals surface area contributed by atoms with E-state index in [9.17, 15) is 4.79 Å². The molecule has 0 heterocycles. The van der Waals surface area contributed by atoms with Gasteiger partial charge in [-0.2, -0.15) is 0 Å². The average Bonchev–Trinajstić information content (AvgIpc) is 2.56. The molecule has 1 amide bonds. The maximum absolute atomic E-state index is 12.3. The van der Waals surface area contributed by atoms with Crippen LogP contribution in [0.1, 0.15) is 38.3 Å². The second-order valence-corrected chi connectivity index (χ2v) is 7.24. The van der Waals surface area contributed by atoms with Crippen molar-refractivity contribution >= 4 is 17.7 Å². The fraction of sp³-hybridized carbons (Fsp3) is 0.350. The van der Waals surface area contributed by atoms with Crippen LogP contribution in [0.5, 0.6) is 0 Å². The van der Waals surface area contributed by atoms with Crippen LogP contribution in [-0.2, 0) is 4.79 Å². The molecule has 0 spiro atoms. The molecule has 0 saturated carbocycles. The number of carbonyl (C=O) groups excluding carboxylic acids is 1. The second-order valence-electron chi connectivity index (χ2n) is 6.07. The third-order valence-electron chi connectivity index (χ3n) is 3.59. The lowest BCUT2D eigenvalue weighted by molar-refractivity contribution is -0.121. The monoisotopic (exact) mass is 327 g/mol. The van der Waals surface area contributed by atoms with Crippen LogP contribution in [0.3, 0.4) is 0 Å². The minimum Gasteiger partial charge on any atom is -0.349 e. The van der Waals surface area contributed by atoms with Gasteiger partial charge in [0.1, 0.15) is 0 Å². The van der Waals surface area contributed by atoms with Crippen molar-refractivity contribution in [2.45, 2.75) is 37.6 Å². The van der Waals surface area contributed by atoms with Crippen LogP contribution in [0.15, 0.2) is 65.6 Å². The van der Waals surface area contributed by atoms with Crippen molar-refractivity contribution in [2.75, 3.05) is 5.75 Å². The fourth-order valence-electron chi connectivity index (χ4n) is 2.48. The van der Waals surface area contributed by atoms with E-state index in [1.807, 2.05) is 36.4 Å². The summed E-state index contributed by atoms with van der Waals surface area (Å²) in [5, 5.41) is 3.20. The lowest BCUT2D eigenvalue weighted by Gasteiger charge is -2.21. The predicted molar refractivity (Wildman–Crippen MR) is 98.6 cm³/mol. The Kier molecular flexibility index (Phi) is 7.21. The van der Waals surface area contributed by atoms with Gasteiger partial charge in [-0.3, -0.25) is 4.79 Å². The highest BCUT2D eigenvalue weighted by Gasteiger charge is 2.15. The maximum atomic E-state index is 12.3. The van der Waals surface area contributed by atoms with Gasteiger partial charge >= 0.3 is 0 Å². The number of benzene rings is 2. The van der Waals surface area contributed by atoms with Crippen LogP contribution in [0.2, 0.25) is 0 Å². The zero-order valence-corrected chi connectivity index (χ0v) is 14.7. The molecule has 1 atom stereocenters. The summed E-state index contributed by atoms with van der Waals surface area (Å²) in [6, 6.07) is 20.6. The van der Waals surface area contributed by atoms with Gasteiger partial charge < -0.3 is 5.32 Å². The molecule has 0 radical (unpaired) electrons. The Hall–Kier alpha value is -1.74. The van der Waals surface area contributed by atoms with E-state index in [2.05, 4.69) is 43.4 Å². The van der Waals surface area contributed by atoms with Crippen molar-refractivity contribution in [1.82, 2.24) is 5.32 Å². The molecular formula is C20H25NOS. The van der Waals surface area contributed by atoms with Crippen LogP contribution in [-0.4, -0.2) is 11.7 Å². The minimum absolute atomic E-state index is 0.102. The lowest BCUT2D eigenvalue weighted by atomic mass is 9.97. The summed E-state index contributed by atoms with van der Waals surface area (Å²) in [4.78, 5) is 13.5. The fourth-order valence-corrected chi connectivity index (χ4v) is 3.35. The van der Waals surface area contributed by atoms with Gasteiger partial charge in [0.25, 0.3) is 0 Å². The minimum atomic E-state index is 0.102. The Labute approximate surface area is 143 Å². The van der Waals surface area contributed by atoms with Crippen LogP contribution >= 0.6 is 11.8 Å². The van der Waals surface area contributed by atoms with Crippen molar-refractivity contribution < 1.29 is 4.79 Å². The molecular weight excluding hydrogens is 302 g/mol. The van der Waals surface area contributed by atoms with E-state index in [-0.39, 0.29) is 11.9 Å². The van der Waals surface area contributed by atoms with Crippen molar-refractivity contribution in [2.24, 2.45) is 5.92 Å². The predicted octanol–water partition coefficient (Wildman–Crippen LogP) is 5.07. The average molecular weight is 327 g/mol. The molecule has 0 aromatic heterocycles. The zero-order chi connectivity index (χ0) is 16.5. The van der Waals surface area contributed by atoms with E-state index in [4.69, 9.17) is 0 Å². The molecule has 2 rings (SSSR count). The highest BCUT2D eigenvalue weighted by molar-refractivity contribution is 7.99. The summed E-state index contributed by atoms with van der Waals surface area (Å²) in [6.45, 7) is 4.38. The van der Waals surface area contributed by atoms with E-state index in [1.165, 1.54) is 10.5 Å². The van der Waals surface area contributed by atoms with Crippen molar-refractivity contribution in [1.29, 1.82) is 0 Å². The first-order valence-electron chi connectivity index (χ1n) is 8.17. The summed E-state index contributed by atoms with van der Waals surface area (Å²) < 4.78 is 0. The molecule has 2 aromatic rings. The van der Waals surface area contributed by atoms with Gasteiger partial charge in [-0.1, -0.05) is 62.4 Å². The Morgan fingerprint density at radius 2 is 1.61 bits per heavy atom. The number of hydrogen-bond donors (Lipinski definition) is 1. The normalized spacial score (nSPS) is 12.1. The van der Waals surface area contributed by atoms with E-state index in [0.29, 0.717) is 12.3 Å². The quantitative estimate of drug-likeness (QED) is 0.686. The standard InChI is InChI=1S/C20H25NOS/c1-16(2)15-19(17-9-5-3-6-10-17)21-20(22)13-14-23-18-11-7-4-8-12-18/h3-12,16,19H,13-15H2,1-2H3,(H,21,22)/t19-/m1/s1. The highest BCUT2D eigenvalue weighted by atomic mass is 32.2. The molecule has 0 bridgehead atoms. The second kappa shape index (κ2) is 9.41. The molecule has 2 nitrogen and oxygen atoms in total. The maximum Gasteiger partial charge on any atom is 0.221 e. The molecule has 0 aliphatic carbocycles. The van der Waals surface area contributed by atoms with Crippen molar-refractivity contribution in [3.8, 4) is 0 Å². The number of nitrogens with one attached hydrogen (secondary N) is 1. The van der Waals surface area contributed by atoms with Gasteiger partial charge in [-0.15, -0.1) is 11.8 Å². The van der Waals surface area contributed by atoms with E-state index >= 15 is 0 Å². The topological polar surface area (TPSA) is 29.1 Å². The number of hydrogen-bond acceptors (Lipinski definition) is 2. The van der Waals surface area contributed by atoms with Crippen molar-refractivity contribution in [3.05, 3.63) is 66.2 Å². The van der Waals surface area contributed by atoms with E-state index < -0.39 is 0 Å². The van der Waals surface area contributed by atoms with Gasteiger partial charge in [0.2, 0.25) is 5.91 Å². The molecule has 23 heavy (non-hydrogen) atoms. The molecule has 0 aliphatic heterocycles. The Balaban J connectivity index is 1.85. The van der Waals surface area contributed by atoms with Gasteiger partial charge in [0.05, 0.1) is 6.04 Å². The molecule has 0 unspecified atom stereocenters. The van der Waals surface area contributed by atoms with Crippen LogP contribution < -0.4 is 5.32 Å². The van der Waals surface area contributed by atoms with Crippen molar-refractivity contribution in [3.63, 3.8) is 0 Å². The number of carbonyl (C=O) groups is 1. The lowest BCUT2D eigenvalue weighted by Crippen LogP contribution is -2.29. The summed E-state index contributed by atoms with van der Waals surface area (Å²) in [5.74, 6) is 1.47. The van der Waals surface area contributed by atoms with E-state index in [0.717, 1.165) is 12.2 Å². The van der Waals surface area contributed by atoms with Gasteiger partial charge in [0.15, 0.2) is 0 Å². The van der Waals surface area contributed by atoms with Crippen LogP contribution in [0.25, 0.3) is 0 Å². The first kappa shape index (κ1) is 17.6. The number of amides is 1. The van der Waals surface area contributed by atoms with Crippen LogP contribution in [0.4, 0.5) is 0 Å². The first-order valence-corrected chi connectivity index (χ1v) is 9.16. The SMILES string of the molecule is CC(C)C[C@@H](NC(=O)CCSc1ccccc1)c1ccccc1. The largest absolute Gasteiger partial charge is 0.349 e. The summed E-state index contributed by atoms with van der Waals surface area (Å²) >= 11 is 1.72. The molecule has 1 N–H and O–H groups in total. The van der Waals surface area contributed by atoms with E-state index in [1.54, 1.807) is 11.8 Å². The van der Waals surface area contributed by atoms with Gasteiger partial charge in [0, 0.05) is 17.1 Å².